The van der Waals surface area contributed by atoms with Gasteiger partial charge in [0.1, 0.15) is 12.4 Å². The summed E-state index contributed by atoms with van der Waals surface area (Å²) in [5, 5.41) is 0. The van der Waals surface area contributed by atoms with E-state index in [2.05, 4.69) is 0 Å². The first-order chi connectivity index (χ1) is 11.8. The highest BCUT2D eigenvalue weighted by Crippen LogP contribution is 2.20. The average molecular weight is 324 g/mol. The smallest absolute Gasteiger partial charge is 0.253 e. The minimum Gasteiger partial charge on any atom is -0.489 e. The van der Waals surface area contributed by atoms with Gasteiger partial charge in [0, 0.05) is 18.7 Å². The minimum absolute atomic E-state index is 0.0973. The molecule has 0 radical (unpaired) electrons. The van der Waals surface area contributed by atoms with Crippen molar-refractivity contribution in [1.82, 2.24) is 4.90 Å². The Balaban J connectivity index is 1.55. The second-order valence-corrected chi connectivity index (χ2v) is 6.27. The maximum Gasteiger partial charge on any atom is 0.253 e. The van der Waals surface area contributed by atoms with Crippen LogP contribution >= 0.6 is 0 Å². The molecule has 0 spiro atoms. The highest BCUT2D eigenvalue weighted by molar-refractivity contribution is 5.94. The summed E-state index contributed by atoms with van der Waals surface area (Å²) >= 11 is 0. The molecule has 0 atom stereocenters. The number of likely N-dealkylation sites (tertiary alicyclic amines) is 1. The maximum atomic E-state index is 12.5. The molecule has 0 bridgehead atoms. The predicted molar refractivity (Wildman–Crippen MR) is 94.9 cm³/mol. The van der Waals surface area contributed by atoms with Crippen molar-refractivity contribution in [3.8, 4) is 5.75 Å². The Labute approximate surface area is 143 Å². The standard InChI is InChI=1S/C20H24N2O2/c21-14-16-10-12-22(13-11-16)20(23)18-6-8-19(9-7-18)24-15-17-4-2-1-3-5-17/h1-9,16H,10-15,21H2. The number of ether oxygens (including phenoxy) is 1. The third kappa shape index (κ3) is 4.15. The molecule has 126 valence electrons. The Bertz CT molecular complexity index is 647. The molecule has 24 heavy (non-hydrogen) atoms. The summed E-state index contributed by atoms with van der Waals surface area (Å²) in [5.41, 5.74) is 7.55. The van der Waals surface area contributed by atoms with Crippen molar-refractivity contribution in [3.63, 3.8) is 0 Å². The quantitative estimate of drug-likeness (QED) is 0.919. The van der Waals surface area contributed by atoms with Gasteiger partial charge in [-0.1, -0.05) is 30.3 Å². The van der Waals surface area contributed by atoms with Crippen LogP contribution in [0, 0.1) is 5.92 Å². The molecule has 4 nitrogen and oxygen atoms in total. The number of rotatable bonds is 5. The third-order valence-corrected chi connectivity index (χ3v) is 4.58. The second-order valence-electron chi connectivity index (χ2n) is 6.27. The van der Waals surface area contributed by atoms with Crippen molar-refractivity contribution in [2.75, 3.05) is 19.6 Å². The molecule has 2 N–H and O–H groups in total. The van der Waals surface area contributed by atoms with E-state index in [-0.39, 0.29) is 5.91 Å². The number of benzene rings is 2. The fourth-order valence-corrected chi connectivity index (χ4v) is 2.99. The zero-order valence-corrected chi connectivity index (χ0v) is 13.9. The molecular formula is C20H24N2O2. The van der Waals surface area contributed by atoms with E-state index >= 15 is 0 Å². The Kier molecular flexibility index (Phi) is 5.49. The average Bonchev–Trinajstić information content (AvgIpc) is 2.67. The third-order valence-electron chi connectivity index (χ3n) is 4.58. The van der Waals surface area contributed by atoms with Gasteiger partial charge in [-0.25, -0.2) is 0 Å². The summed E-state index contributed by atoms with van der Waals surface area (Å²) in [5.74, 6) is 1.43. The molecule has 2 aromatic rings. The number of amides is 1. The van der Waals surface area contributed by atoms with Crippen molar-refractivity contribution in [1.29, 1.82) is 0 Å². The summed E-state index contributed by atoms with van der Waals surface area (Å²) in [4.78, 5) is 14.5. The van der Waals surface area contributed by atoms with Crippen LogP contribution in [0.2, 0.25) is 0 Å². The number of carbonyl (C=O) groups is 1. The fraction of sp³-hybridized carbons (Fsp3) is 0.350. The molecule has 1 heterocycles. The van der Waals surface area contributed by atoms with Crippen LogP contribution in [0.1, 0.15) is 28.8 Å². The lowest BCUT2D eigenvalue weighted by molar-refractivity contribution is 0.0693. The molecule has 1 fully saturated rings. The zero-order chi connectivity index (χ0) is 16.8. The van der Waals surface area contributed by atoms with E-state index < -0.39 is 0 Å². The molecule has 0 unspecified atom stereocenters. The van der Waals surface area contributed by atoms with Gasteiger partial charge in [-0.05, 0) is 55.1 Å². The van der Waals surface area contributed by atoms with Crippen LogP contribution in [0.3, 0.4) is 0 Å². The van der Waals surface area contributed by atoms with E-state index in [4.69, 9.17) is 10.5 Å². The molecule has 1 aliphatic rings. The Morgan fingerprint density at radius 1 is 1.04 bits per heavy atom. The van der Waals surface area contributed by atoms with Gasteiger partial charge < -0.3 is 15.4 Å². The first-order valence-corrected chi connectivity index (χ1v) is 8.52. The summed E-state index contributed by atoms with van der Waals surface area (Å²) < 4.78 is 5.76. The first-order valence-electron chi connectivity index (χ1n) is 8.52. The van der Waals surface area contributed by atoms with E-state index in [0.29, 0.717) is 18.1 Å². The molecule has 4 heteroatoms. The van der Waals surface area contributed by atoms with Crippen LogP contribution in [-0.2, 0) is 6.61 Å². The predicted octanol–water partition coefficient (Wildman–Crippen LogP) is 3.08. The highest BCUT2D eigenvalue weighted by Gasteiger charge is 2.22. The van der Waals surface area contributed by atoms with Gasteiger partial charge in [0.2, 0.25) is 0 Å². The van der Waals surface area contributed by atoms with Gasteiger partial charge >= 0.3 is 0 Å². The van der Waals surface area contributed by atoms with Crippen molar-refractivity contribution in [3.05, 3.63) is 65.7 Å². The molecule has 2 aromatic carbocycles. The SMILES string of the molecule is NCC1CCN(C(=O)c2ccc(OCc3ccccc3)cc2)CC1. The fourth-order valence-electron chi connectivity index (χ4n) is 2.99. The summed E-state index contributed by atoms with van der Waals surface area (Å²) in [7, 11) is 0. The second kappa shape index (κ2) is 7.97. The summed E-state index contributed by atoms with van der Waals surface area (Å²) in [6.07, 6.45) is 2.00. The summed E-state index contributed by atoms with van der Waals surface area (Å²) in [6, 6.07) is 17.5. The van der Waals surface area contributed by atoms with E-state index in [1.54, 1.807) is 0 Å². The van der Waals surface area contributed by atoms with E-state index in [1.807, 2.05) is 59.5 Å². The van der Waals surface area contributed by atoms with Crippen LogP contribution in [0.4, 0.5) is 0 Å². The van der Waals surface area contributed by atoms with Crippen molar-refractivity contribution in [2.24, 2.45) is 11.7 Å². The van der Waals surface area contributed by atoms with Crippen LogP contribution in [0.5, 0.6) is 5.75 Å². The largest absolute Gasteiger partial charge is 0.489 e. The highest BCUT2D eigenvalue weighted by atomic mass is 16.5. The number of piperidine rings is 1. The van der Waals surface area contributed by atoms with Gasteiger partial charge in [0.05, 0.1) is 0 Å². The number of hydrogen-bond acceptors (Lipinski definition) is 3. The first kappa shape index (κ1) is 16.5. The van der Waals surface area contributed by atoms with Gasteiger partial charge in [-0.2, -0.15) is 0 Å². The van der Waals surface area contributed by atoms with Gasteiger partial charge in [-0.3, -0.25) is 4.79 Å². The molecule has 0 saturated carbocycles. The van der Waals surface area contributed by atoms with E-state index in [9.17, 15) is 4.79 Å². The molecule has 0 aliphatic carbocycles. The Morgan fingerprint density at radius 2 is 1.71 bits per heavy atom. The van der Waals surface area contributed by atoms with Crippen molar-refractivity contribution >= 4 is 5.91 Å². The molecule has 1 aliphatic heterocycles. The number of nitrogens with two attached hydrogens (primary N) is 1. The monoisotopic (exact) mass is 324 g/mol. The van der Waals surface area contributed by atoms with Crippen LogP contribution in [0.15, 0.2) is 54.6 Å². The molecule has 1 saturated heterocycles. The number of hydrogen-bond donors (Lipinski definition) is 1. The minimum atomic E-state index is 0.0973. The van der Waals surface area contributed by atoms with Crippen LogP contribution < -0.4 is 10.5 Å². The van der Waals surface area contributed by atoms with Gasteiger partial charge in [0.25, 0.3) is 5.91 Å². The van der Waals surface area contributed by atoms with Crippen LogP contribution in [0.25, 0.3) is 0 Å². The molecule has 1 amide bonds. The summed E-state index contributed by atoms with van der Waals surface area (Å²) in [6.45, 7) is 2.84. The van der Waals surface area contributed by atoms with E-state index in [0.717, 1.165) is 43.8 Å². The Hall–Kier alpha value is -2.33. The molecule has 0 aromatic heterocycles. The normalized spacial score (nSPS) is 15.3. The lowest BCUT2D eigenvalue weighted by Gasteiger charge is -2.31. The van der Waals surface area contributed by atoms with Crippen molar-refractivity contribution < 1.29 is 9.53 Å². The molecular weight excluding hydrogens is 300 g/mol. The number of nitrogens with zero attached hydrogens (tertiary/aromatic N) is 1. The number of carbonyl (C=O) groups excluding carboxylic acids is 1. The topological polar surface area (TPSA) is 55.6 Å². The van der Waals surface area contributed by atoms with Crippen LogP contribution in [-0.4, -0.2) is 30.4 Å². The van der Waals surface area contributed by atoms with Gasteiger partial charge in [-0.15, -0.1) is 0 Å². The van der Waals surface area contributed by atoms with Gasteiger partial charge in [0.15, 0.2) is 0 Å². The Morgan fingerprint density at radius 3 is 2.33 bits per heavy atom. The van der Waals surface area contributed by atoms with Crippen molar-refractivity contribution in [2.45, 2.75) is 19.4 Å². The molecule has 3 rings (SSSR count). The maximum absolute atomic E-state index is 12.5. The van der Waals surface area contributed by atoms with E-state index in [1.165, 1.54) is 0 Å². The lowest BCUT2D eigenvalue weighted by atomic mass is 9.96. The zero-order valence-electron chi connectivity index (χ0n) is 13.9. The lowest BCUT2D eigenvalue weighted by Crippen LogP contribution is -2.40.